The fourth-order valence-corrected chi connectivity index (χ4v) is 2.39. The molecule has 0 aliphatic heterocycles. The van der Waals surface area contributed by atoms with E-state index in [0.717, 1.165) is 6.07 Å². The third kappa shape index (κ3) is 1.79. The van der Waals surface area contributed by atoms with Crippen LogP contribution >= 0.6 is 0 Å². The number of nitrogens with one attached hydrogen (secondary N) is 1. The number of fused-ring (bicyclic) bond motifs is 1. The van der Waals surface area contributed by atoms with E-state index in [2.05, 4.69) is 20.1 Å². The summed E-state index contributed by atoms with van der Waals surface area (Å²) in [4.78, 5) is 11.0. The van der Waals surface area contributed by atoms with Crippen LogP contribution in [-0.2, 0) is 0 Å². The molecule has 0 bridgehead atoms. The van der Waals surface area contributed by atoms with Gasteiger partial charge < -0.3 is 9.51 Å². The highest BCUT2D eigenvalue weighted by molar-refractivity contribution is 5.95. The summed E-state index contributed by atoms with van der Waals surface area (Å²) >= 11 is 0. The van der Waals surface area contributed by atoms with Gasteiger partial charge in [0.05, 0.1) is 11.8 Å². The molecule has 108 valence electrons. The van der Waals surface area contributed by atoms with Crippen molar-refractivity contribution in [2.45, 2.75) is 0 Å². The predicted octanol–water partition coefficient (Wildman–Crippen LogP) is 3.56. The summed E-state index contributed by atoms with van der Waals surface area (Å²) in [5.74, 6) is -1.54. The minimum Gasteiger partial charge on any atom is -0.356 e. The van der Waals surface area contributed by atoms with Crippen LogP contribution in [0, 0.1) is 11.6 Å². The van der Waals surface area contributed by atoms with Gasteiger partial charge in [-0.2, -0.15) is 0 Å². The highest BCUT2D eigenvalue weighted by Gasteiger charge is 2.20. The molecule has 0 amide bonds. The minimum atomic E-state index is -0.942. The normalized spacial score (nSPS) is 11.2. The molecule has 4 aromatic rings. The third-order valence-electron chi connectivity index (χ3n) is 3.41. The molecular weight excluding hydrogens is 290 g/mol. The van der Waals surface area contributed by atoms with Crippen LogP contribution in [0.5, 0.6) is 0 Å². The summed E-state index contributed by atoms with van der Waals surface area (Å²) in [6.45, 7) is 0. The van der Waals surface area contributed by atoms with Crippen molar-refractivity contribution in [2.75, 3.05) is 0 Å². The van der Waals surface area contributed by atoms with Crippen molar-refractivity contribution in [3.63, 3.8) is 0 Å². The Labute approximate surface area is 122 Å². The molecule has 0 saturated heterocycles. The van der Waals surface area contributed by atoms with Crippen LogP contribution in [0.1, 0.15) is 0 Å². The van der Waals surface area contributed by atoms with Crippen LogP contribution in [0.25, 0.3) is 33.5 Å². The molecule has 7 heteroatoms. The van der Waals surface area contributed by atoms with Gasteiger partial charge in [-0.25, -0.2) is 18.7 Å². The second-order valence-electron chi connectivity index (χ2n) is 4.66. The topological polar surface area (TPSA) is 67.6 Å². The second kappa shape index (κ2) is 4.73. The number of rotatable bonds is 2. The van der Waals surface area contributed by atoms with Crippen molar-refractivity contribution in [3.8, 4) is 22.5 Å². The Hall–Kier alpha value is -3.09. The molecule has 0 aliphatic rings. The first-order chi connectivity index (χ1) is 10.8. The van der Waals surface area contributed by atoms with Crippen LogP contribution in [0.2, 0.25) is 0 Å². The molecule has 1 N–H and O–H groups in total. The Morgan fingerprint density at radius 2 is 1.95 bits per heavy atom. The maximum Gasteiger partial charge on any atom is 0.177 e. The van der Waals surface area contributed by atoms with E-state index < -0.39 is 11.6 Å². The van der Waals surface area contributed by atoms with Crippen LogP contribution in [-0.4, -0.2) is 20.1 Å². The molecule has 3 heterocycles. The zero-order valence-electron chi connectivity index (χ0n) is 11.0. The zero-order valence-corrected chi connectivity index (χ0v) is 11.0. The van der Waals surface area contributed by atoms with Crippen molar-refractivity contribution < 1.29 is 13.3 Å². The van der Waals surface area contributed by atoms with Gasteiger partial charge >= 0.3 is 0 Å². The molecule has 5 nitrogen and oxygen atoms in total. The number of hydrogen-bond acceptors (Lipinski definition) is 4. The van der Waals surface area contributed by atoms with Crippen molar-refractivity contribution in [3.05, 3.63) is 54.8 Å². The van der Waals surface area contributed by atoms with E-state index in [1.165, 1.54) is 24.7 Å². The molecule has 0 spiro atoms. The third-order valence-corrected chi connectivity index (χ3v) is 3.41. The summed E-state index contributed by atoms with van der Waals surface area (Å²) in [7, 11) is 0. The van der Waals surface area contributed by atoms with E-state index in [-0.39, 0.29) is 5.56 Å². The molecule has 0 radical (unpaired) electrons. The van der Waals surface area contributed by atoms with E-state index in [9.17, 15) is 8.78 Å². The lowest BCUT2D eigenvalue weighted by molar-refractivity contribution is 0.432. The summed E-state index contributed by atoms with van der Waals surface area (Å²) in [6.07, 6.45) is 6.05. The van der Waals surface area contributed by atoms with Gasteiger partial charge in [-0.15, -0.1) is 0 Å². The number of hydrogen-bond donors (Lipinski definition) is 1. The Morgan fingerprint density at radius 1 is 1.05 bits per heavy atom. The van der Waals surface area contributed by atoms with Gasteiger partial charge in [0, 0.05) is 28.9 Å². The molecule has 0 aliphatic carbocycles. The van der Waals surface area contributed by atoms with Gasteiger partial charge in [0.1, 0.15) is 12.0 Å². The summed E-state index contributed by atoms with van der Waals surface area (Å²) < 4.78 is 32.7. The van der Waals surface area contributed by atoms with Gasteiger partial charge in [0.15, 0.2) is 17.4 Å². The maximum absolute atomic E-state index is 14.0. The Kier molecular flexibility index (Phi) is 2.72. The lowest BCUT2D eigenvalue weighted by Crippen LogP contribution is -1.89. The van der Waals surface area contributed by atoms with Gasteiger partial charge in [-0.1, -0.05) is 17.3 Å². The average molecular weight is 298 g/mol. The largest absolute Gasteiger partial charge is 0.356 e. The molecule has 0 atom stereocenters. The van der Waals surface area contributed by atoms with Crippen LogP contribution < -0.4 is 0 Å². The molecule has 1 aromatic carbocycles. The number of H-pyrrole nitrogens is 1. The summed E-state index contributed by atoms with van der Waals surface area (Å²) in [5, 5.41) is 4.42. The number of nitrogens with zero attached hydrogens (tertiary/aromatic N) is 3. The number of benzene rings is 1. The average Bonchev–Trinajstić information content (AvgIpc) is 3.16. The number of aromatic nitrogens is 4. The highest BCUT2D eigenvalue weighted by Crippen LogP contribution is 2.36. The van der Waals surface area contributed by atoms with Crippen LogP contribution in [0.4, 0.5) is 8.78 Å². The fraction of sp³-hybridized carbons (Fsp3) is 0. The number of aromatic amines is 1. The van der Waals surface area contributed by atoms with E-state index in [0.29, 0.717) is 27.9 Å². The minimum absolute atomic E-state index is 0.0856. The molecule has 3 aromatic heterocycles. The number of halogens is 2. The maximum atomic E-state index is 14.0. The van der Waals surface area contributed by atoms with E-state index in [4.69, 9.17) is 4.52 Å². The van der Waals surface area contributed by atoms with Crippen LogP contribution in [0.15, 0.2) is 47.6 Å². The monoisotopic (exact) mass is 298 g/mol. The summed E-state index contributed by atoms with van der Waals surface area (Å²) in [5.41, 5.74) is 1.70. The smallest absolute Gasteiger partial charge is 0.177 e. The van der Waals surface area contributed by atoms with Crippen molar-refractivity contribution in [2.24, 2.45) is 0 Å². The molecule has 0 fully saturated rings. The Morgan fingerprint density at radius 3 is 2.86 bits per heavy atom. The quantitative estimate of drug-likeness (QED) is 0.614. The van der Waals surface area contributed by atoms with E-state index in [1.807, 2.05) is 0 Å². The van der Waals surface area contributed by atoms with Crippen molar-refractivity contribution in [1.29, 1.82) is 0 Å². The van der Waals surface area contributed by atoms with Crippen molar-refractivity contribution >= 4 is 11.0 Å². The molecule has 22 heavy (non-hydrogen) atoms. The second-order valence-corrected chi connectivity index (χ2v) is 4.66. The fourth-order valence-electron chi connectivity index (χ4n) is 2.39. The van der Waals surface area contributed by atoms with Gasteiger partial charge in [-0.3, -0.25) is 0 Å². The van der Waals surface area contributed by atoms with Gasteiger partial charge in [-0.05, 0) is 6.07 Å². The first-order valence-corrected chi connectivity index (χ1v) is 6.42. The van der Waals surface area contributed by atoms with E-state index in [1.54, 1.807) is 12.4 Å². The van der Waals surface area contributed by atoms with Crippen LogP contribution in [0.3, 0.4) is 0 Å². The summed E-state index contributed by atoms with van der Waals surface area (Å²) in [6, 6.07) is 3.97. The predicted molar refractivity (Wildman–Crippen MR) is 74.7 cm³/mol. The SMILES string of the molecule is Fc1cccc(-c2cnoc2-c2c[nH]c3ncncc23)c1F. The van der Waals surface area contributed by atoms with Crippen molar-refractivity contribution in [1.82, 2.24) is 20.1 Å². The highest BCUT2D eigenvalue weighted by atomic mass is 19.2. The zero-order chi connectivity index (χ0) is 15.1. The standard InChI is InChI=1S/C15H8F2N4O/c16-12-3-1-2-8(13(12)17)10-6-21-22-14(10)9-5-19-15-11(9)4-18-7-20-15/h1-7H,(H,18,19,20). The van der Waals surface area contributed by atoms with E-state index >= 15 is 0 Å². The first-order valence-electron chi connectivity index (χ1n) is 6.42. The molecule has 0 unspecified atom stereocenters. The lowest BCUT2D eigenvalue weighted by Gasteiger charge is -2.03. The first kappa shape index (κ1) is 12.6. The molecular formula is C15H8F2N4O. The van der Waals surface area contributed by atoms with Gasteiger partial charge in [0.25, 0.3) is 0 Å². The van der Waals surface area contributed by atoms with Gasteiger partial charge in [0.2, 0.25) is 0 Å². The Balaban J connectivity index is 1.96. The lowest BCUT2D eigenvalue weighted by atomic mass is 10.0. The molecule has 4 rings (SSSR count). The molecule has 0 saturated carbocycles. The Bertz CT molecular complexity index is 977.